The number of nitrogens with one attached hydrogen (secondary N) is 1. The van der Waals surface area contributed by atoms with Crippen LogP contribution in [0.3, 0.4) is 0 Å². The molecule has 1 atom stereocenters. The maximum absolute atomic E-state index is 12.0. The van der Waals surface area contributed by atoms with Crippen molar-refractivity contribution in [2.45, 2.75) is 23.7 Å². The first-order valence-electron chi connectivity index (χ1n) is 6.05. The first-order valence-corrected chi connectivity index (χ1v) is 9.36. The van der Waals surface area contributed by atoms with Gasteiger partial charge in [0.15, 0.2) is 9.84 Å². The first-order chi connectivity index (χ1) is 9.97. The Balaban J connectivity index is 2.10. The molecule has 1 fully saturated rings. The van der Waals surface area contributed by atoms with Gasteiger partial charge in [-0.15, -0.1) is 13.2 Å². The highest BCUT2D eigenvalue weighted by Crippen LogP contribution is 2.24. The van der Waals surface area contributed by atoms with Gasteiger partial charge in [-0.05, 0) is 30.7 Å². The Morgan fingerprint density at radius 2 is 1.77 bits per heavy atom. The summed E-state index contributed by atoms with van der Waals surface area (Å²) in [6.07, 6.45) is -4.70. The van der Waals surface area contributed by atoms with Crippen molar-refractivity contribution in [2.24, 2.45) is 0 Å². The zero-order valence-corrected chi connectivity index (χ0v) is 12.6. The molecule has 1 heterocycles. The van der Waals surface area contributed by atoms with Crippen molar-refractivity contribution in [2.75, 3.05) is 11.5 Å². The summed E-state index contributed by atoms with van der Waals surface area (Å²) in [6.45, 7) is 0. The minimum absolute atomic E-state index is 0.0987. The van der Waals surface area contributed by atoms with Gasteiger partial charge in [0.05, 0.1) is 16.4 Å². The Kier molecular flexibility index (Phi) is 4.42. The number of hydrogen-bond donors (Lipinski definition) is 1. The number of benzene rings is 1. The standard InChI is InChI=1S/C11H12F3NO5S2/c12-11(13,14)20-9-1-3-10(4-2-9)22(18,19)15-8-5-6-21(16,17)7-8/h1-4,8,15H,5-7H2/t8-/m1/s1. The van der Waals surface area contributed by atoms with Crippen LogP contribution in [-0.2, 0) is 19.9 Å². The van der Waals surface area contributed by atoms with Gasteiger partial charge < -0.3 is 4.74 Å². The molecule has 1 aliphatic rings. The SMILES string of the molecule is O=S1(=O)CC[C@@H](NS(=O)(=O)c2ccc(OC(F)(F)F)cc2)C1. The van der Waals surface area contributed by atoms with Gasteiger partial charge in [0.1, 0.15) is 5.75 Å². The zero-order chi connectivity index (χ0) is 16.6. The lowest BCUT2D eigenvalue weighted by molar-refractivity contribution is -0.274. The van der Waals surface area contributed by atoms with E-state index in [0.29, 0.717) is 0 Å². The van der Waals surface area contributed by atoms with Crippen LogP contribution in [0.25, 0.3) is 0 Å². The maximum atomic E-state index is 12.0. The second kappa shape index (κ2) is 5.70. The summed E-state index contributed by atoms with van der Waals surface area (Å²) in [5.74, 6) is -0.935. The fourth-order valence-electron chi connectivity index (χ4n) is 2.00. The molecule has 11 heteroatoms. The van der Waals surface area contributed by atoms with Crippen LogP contribution in [0.2, 0.25) is 0 Å². The van der Waals surface area contributed by atoms with Crippen LogP contribution in [-0.4, -0.2) is 40.7 Å². The van der Waals surface area contributed by atoms with Crippen LogP contribution in [0.5, 0.6) is 5.75 Å². The summed E-state index contributed by atoms with van der Waals surface area (Å²) in [5, 5.41) is 0. The Morgan fingerprint density at radius 1 is 1.18 bits per heavy atom. The number of alkyl halides is 3. The minimum Gasteiger partial charge on any atom is -0.406 e. The van der Waals surface area contributed by atoms with Gasteiger partial charge >= 0.3 is 6.36 Å². The third-order valence-electron chi connectivity index (χ3n) is 2.92. The Hall–Kier alpha value is -1.33. The molecule has 6 nitrogen and oxygen atoms in total. The summed E-state index contributed by atoms with van der Waals surface area (Å²) in [6, 6.07) is 2.90. The quantitative estimate of drug-likeness (QED) is 0.868. The van der Waals surface area contributed by atoms with Crippen molar-refractivity contribution in [3.05, 3.63) is 24.3 Å². The van der Waals surface area contributed by atoms with Crippen LogP contribution >= 0.6 is 0 Å². The van der Waals surface area contributed by atoms with E-state index in [9.17, 15) is 30.0 Å². The smallest absolute Gasteiger partial charge is 0.406 e. The Morgan fingerprint density at radius 3 is 2.23 bits per heavy atom. The summed E-state index contributed by atoms with van der Waals surface area (Å²) in [5.41, 5.74) is 0. The van der Waals surface area contributed by atoms with Gasteiger partial charge in [0.25, 0.3) is 0 Å². The molecule has 124 valence electrons. The van der Waals surface area contributed by atoms with Crippen LogP contribution in [0, 0.1) is 0 Å². The monoisotopic (exact) mass is 359 g/mol. The lowest BCUT2D eigenvalue weighted by atomic mass is 10.3. The number of hydrogen-bond acceptors (Lipinski definition) is 5. The number of halogens is 3. The molecule has 2 rings (SSSR count). The zero-order valence-electron chi connectivity index (χ0n) is 11.0. The second-order valence-corrected chi connectivity index (χ2v) is 8.68. The molecule has 0 aromatic heterocycles. The number of sulfone groups is 1. The molecule has 0 spiro atoms. The average Bonchev–Trinajstić information content (AvgIpc) is 2.66. The number of ether oxygens (including phenoxy) is 1. The highest BCUT2D eigenvalue weighted by molar-refractivity contribution is 7.92. The molecule has 0 aliphatic carbocycles. The largest absolute Gasteiger partial charge is 0.573 e. The van der Waals surface area contributed by atoms with E-state index in [1.54, 1.807) is 0 Å². The van der Waals surface area contributed by atoms with E-state index < -0.39 is 38.0 Å². The summed E-state index contributed by atoms with van der Waals surface area (Å²) < 4.78 is 88.5. The van der Waals surface area contributed by atoms with Gasteiger partial charge in [-0.3, -0.25) is 0 Å². The van der Waals surface area contributed by atoms with E-state index in [1.807, 2.05) is 0 Å². The van der Waals surface area contributed by atoms with Crippen LogP contribution < -0.4 is 9.46 Å². The number of sulfonamides is 1. The van der Waals surface area contributed by atoms with E-state index in [4.69, 9.17) is 0 Å². The van der Waals surface area contributed by atoms with E-state index in [1.165, 1.54) is 0 Å². The van der Waals surface area contributed by atoms with Crippen LogP contribution in [0.1, 0.15) is 6.42 Å². The first kappa shape index (κ1) is 17.0. The molecule has 0 unspecified atom stereocenters. The molecule has 1 N–H and O–H groups in total. The fraction of sp³-hybridized carbons (Fsp3) is 0.455. The highest BCUT2D eigenvalue weighted by Gasteiger charge is 2.32. The van der Waals surface area contributed by atoms with E-state index >= 15 is 0 Å². The molecular formula is C11H12F3NO5S2. The summed E-state index contributed by atoms with van der Waals surface area (Å²) in [7, 11) is -7.25. The van der Waals surface area contributed by atoms with Crippen molar-refractivity contribution < 1.29 is 34.7 Å². The molecule has 0 amide bonds. The third kappa shape index (κ3) is 4.58. The summed E-state index contributed by atoms with van der Waals surface area (Å²) >= 11 is 0. The molecule has 1 saturated heterocycles. The molecule has 0 saturated carbocycles. The van der Waals surface area contributed by atoms with Gasteiger partial charge in [0.2, 0.25) is 10.0 Å². The highest BCUT2D eigenvalue weighted by atomic mass is 32.2. The van der Waals surface area contributed by atoms with Crippen molar-refractivity contribution in [1.29, 1.82) is 0 Å². The molecular weight excluding hydrogens is 347 g/mol. The van der Waals surface area contributed by atoms with Crippen LogP contribution in [0.4, 0.5) is 13.2 Å². The molecule has 1 aromatic rings. The van der Waals surface area contributed by atoms with E-state index in [0.717, 1.165) is 24.3 Å². The average molecular weight is 359 g/mol. The van der Waals surface area contributed by atoms with Crippen molar-refractivity contribution in [3.8, 4) is 5.75 Å². The second-order valence-electron chi connectivity index (χ2n) is 4.74. The van der Waals surface area contributed by atoms with E-state index in [-0.39, 0.29) is 22.8 Å². The van der Waals surface area contributed by atoms with E-state index in [2.05, 4.69) is 9.46 Å². The lowest BCUT2D eigenvalue weighted by Gasteiger charge is -2.12. The number of rotatable bonds is 4. The van der Waals surface area contributed by atoms with Gasteiger partial charge in [-0.2, -0.15) is 0 Å². The maximum Gasteiger partial charge on any atom is 0.573 e. The summed E-state index contributed by atoms with van der Waals surface area (Å²) in [4.78, 5) is -0.272. The fourth-order valence-corrected chi connectivity index (χ4v) is 5.05. The molecule has 0 radical (unpaired) electrons. The Labute approximate surface area is 125 Å². The topological polar surface area (TPSA) is 89.5 Å². The molecule has 1 aromatic carbocycles. The van der Waals surface area contributed by atoms with Crippen molar-refractivity contribution in [1.82, 2.24) is 4.72 Å². The van der Waals surface area contributed by atoms with Gasteiger partial charge in [-0.25, -0.2) is 21.6 Å². The van der Waals surface area contributed by atoms with Crippen molar-refractivity contribution >= 4 is 19.9 Å². The normalized spacial score (nSPS) is 21.7. The molecule has 1 aliphatic heterocycles. The van der Waals surface area contributed by atoms with Gasteiger partial charge in [0, 0.05) is 6.04 Å². The lowest BCUT2D eigenvalue weighted by Crippen LogP contribution is -2.35. The molecule has 0 bridgehead atoms. The van der Waals surface area contributed by atoms with Crippen LogP contribution in [0.15, 0.2) is 29.2 Å². The van der Waals surface area contributed by atoms with Gasteiger partial charge in [-0.1, -0.05) is 0 Å². The van der Waals surface area contributed by atoms with Crippen molar-refractivity contribution in [3.63, 3.8) is 0 Å². The Bertz CT molecular complexity index is 741. The third-order valence-corrected chi connectivity index (χ3v) is 6.23. The predicted octanol–water partition coefficient (Wildman–Crippen LogP) is 1.05. The molecule has 22 heavy (non-hydrogen) atoms. The minimum atomic E-state index is -4.86. The predicted molar refractivity (Wildman–Crippen MR) is 70.5 cm³/mol.